The third-order valence-corrected chi connectivity index (χ3v) is 2.44. The number of nitrogens with zero attached hydrogens (tertiary/aromatic N) is 1. The van der Waals surface area contributed by atoms with Gasteiger partial charge in [0.25, 0.3) is 0 Å². The lowest BCUT2D eigenvalue weighted by Crippen LogP contribution is -2.11. The van der Waals surface area contributed by atoms with Crippen molar-refractivity contribution in [2.75, 3.05) is 0 Å². The smallest absolute Gasteiger partial charge is 0.217 e. The Hall–Kier alpha value is -1.97. The van der Waals surface area contributed by atoms with Crippen LogP contribution in [0.25, 0.3) is 10.8 Å². The molecule has 82 valence electrons. The van der Waals surface area contributed by atoms with Gasteiger partial charge in [-0.25, -0.2) is 4.39 Å². The minimum Gasteiger partial charge on any atom is -0.370 e. The molecule has 0 bridgehead atoms. The van der Waals surface area contributed by atoms with E-state index in [1.165, 1.54) is 12.1 Å². The van der Waals surface area contributed by atoms with Crippen LogP contribution in [0, 0.1) is 5.82 Å². The van der Waals surface area contributed by atoms with E-state index in [4.69, 9.17) is 5.73 Å². The molecule has 2 rings (SSSR count). The van der Waals surface area contributed by atoms with E-state index in [1.807, 2.05) is 6.07 Å². The third kappa shape index (κ3) is 2.16. The molecule has 1 aromatic heterocycles. The molecule has 4 heteroatoms. The summed E-state index contributed by atoms with van der Waals surface area (Å²) in [4.78, 5) is 14.6. The highest BCUT2D eigenvalue weighted by atomic mass is 19.1. The Kier molecular flexibility index (Phi) is 2.81. The van der Waals surface area contributed by atoms with Gasteiger partial charge in [0.15, 0.2) is 0 Å². The second-order valence-electron chi connectivity index (χ2n) is 3.63. The Balaban J connectivity index is 2.46. The Morgan fingerprint density at radius 2 is 2.25 bits per heavy atom. The zero-order valence-corrected chi connectivity index (χ0v) is 8.61. The maximum atomic E-state index is 13.3. The number of carbonyl (C=O) groups is 1. The van der Waals surface area contributed by atoms with Crippen molar-refractivity contribution in [2.24, 2.45) is 5.73 Å². The van der Waals surface area contributed by atoms with E-state index in [0.717, 1.165) is 16.3 Å². The highest BCUT2D eigenvalue weighted by Gasteiger charge is 2.05. The number of aryl methyl sites for hydroxylation is 1. The molecule has 0 radical (unpaired) electrons. The molecule has 16 heavy (non-hydrogen) atoms. The number of aromatic nitrogens is 1. The number of nitrogens with two attached hydrogens (primary N) is 1. The molecule has 0 fully saturated rings. The van der Waals surface area contributed by atoms with Crippen molar-refractivity contribution in [1.29, 1.82) is 0 Å². The van der Waals surface area contributed by atoms with Gasteiger partial charge in [-0.3, -0.25) is 9.78 Å². The second-order valence-corrected chi connectivity index (χ2v) is 3.63. The summed E-state index contributed by atoms with van der Waals surface area (Å²) in [7, 11) is 0. The predicted molar refractivity (Wildman–Crippen MR) is 59.2 cm³/mol. The summed E-state index contributed by atoms with van der Waals surface area (Å²) in [5.74, 6) is -0.702. The summed E-state index contributed by atoms with van der Waals surface area (Å²) in [6.45, 7) is 0. The molecule has 0 aliphatic rings. The summed E-state index contributed by atoms with van der Waals surface area (Å²) >= 11 is 0. The van der Waals surface area contributed by atoms with Gasteiger partial charge in [-0.15, -0.1) is 0 Å². The van der Waals surface area contributed by atoms with E-state index in [9.17, 15) is 9.18 Å². The van der Waals surface area contributed by atoms with Crippen molar-refractivity contribution >= 4 is 16.7 Å². The first-order valence-electron chi connectivity index (χ1n) is 4.97. The summed E-state index contributed by atoms with van der Waals surface area (Å²) < 4.78 is 13.3. The molecule has 0 aliphatic heterocycles. The van der Waals surface area contributed by atoms with E-state index in [0.29, 0.717) is 6.42 Å². The van der Waals surface area contributed by atoms with Crippen LogP contribution in [0.15, 0.2) is 30.6 Å². The maximum Gasteiger partial charge on any atom is 0.217 e. The quantitative estimate of drug-likeness (QED) is 0.853. The second kappa shape index (κ2) is 4.26. The molecule has 1 aromatic carbocycles. The average Bonchev–Trinajstić information content (AvgIpc) is 2.25. The van der Waals surface area contributed by atoms with E-state index in [-0.39, 0.29) is 18.1 Å². The predicted octanol–water partition coefficient (Wildman–Crippen LogP) is 1.79. The zero-order chi connectivity index (χ0) is 11.5. The molecule has 1 amide bonds. The number of hydrogen-bond acceptors (Lipinski definition) is 2. The molecule has 0 unspecified atom stereocenters. The van der Waals surface area contributed by atoms with Gasteiger partial charge in [0.05, 0.1) is 0 Å². The third-order valence-electron chi connectivity index (χ3n) is 2.44. The molecule has 1 heterocycles. The lowest BCUT2D eigenvalue weighted by atomic mass is 10.0. The van der Waals surface area contributed by atoms with Gasteiger partial charge in [0.2, 0.25) is 5.91 Å². The minimum absolute atomic E-state index is 0.223. The number of primary amides is 1. The number of carbonyl (C=O) groups excluding carboxylic acids is 1. The molecular formula is C12H11FN2O. The Morgan fingerprint density at radius 3 is 3.00 bits per heavy atom. The first-order valence-corrected chi connectivity index (χ1v) is 4.97. The van der Waals surface area contributed by atoms with E-state index >= 15 is 0 Å². The first kappa shape index (κ1) is 10.5. The SMILES string of the molecule is NC(=O)CCc1cc(F)cc2cnccc12. The molecule has 2 aromatic rings. The minimum atomic E-state index is -0.383. The molecule has 0 saturated heterocycles. The van der Waals surface area contributed by atoms with Crippen molar-refractivity contribution in [3.63, 3.8) is 0 Å². The summed E-state index contributed by atoms with van der Waals surface area (Å²) in [5, 5.41) is 1.65. The molecule has 3 nitrogen and oxygen atoms in total. The van der Waals surface area contributed by atoms with Gasteiger partial charge in [-0.05, 0) is 35.6 Å². The van der Waals surface area contributed by atoms with Crippen LogP contribution in [0.4, 0.5) is 4.39 Å². The van der Waals surface area contributed by atoms with Crippen LogP contribution in [0.3, 0.4) is 0 Å². The molecule has 0 atom stereocenters. The van der Waals surface area contributed by atoms with Crippen LogP contribution in [-0.2, 0) is 11.2 Å². The van der Waals surface area contributed by atoms with Crippen LogP contribution in [0.1, 0.15) is 12.0 Å². The van der Waals surface area contributed by atoms with Crippen LogP contribution in [0.5, 0.6) is 0 Å². The van der Waals surface area contributed by atoms with Gasteiger partial charge in [-0.1, -0.05) is 0 Å². The number of fused-ring (bicyclic) bond motifs is 1. The largest absolute Gasteiger partial charge is 0.370 e. The van der Waals surface area contributed by atoms with Crippen LogP contribution in [0.2, 0.25) is 0 Å². The lowest BCUT2D eigenvalue weighted by molar-refractivity contribution is -0.117. The fraction of sp³-hybridized carbons (Fsp3) is 0.167. The fourth-order valence-corrected chi connectivity index (χ4v) is 1.71. The maximum absolute atomic E-state index is 13.3. The van der Waals surface area contributed by atoms with Crippen LogP contribution >= 0.6 is 0 Å². The number of hydrogen-bond donors (Lipinski definition) is 1. The van der Waals surface area contributed by atoms with Crippen LogP contribution in [-0.4, -0.2) is 10.9 Å². The Bertz CT molecular complexity index is 540. The zero-order valence-electron chi connectivity index (χ0n) is 8.61. The Morgan fingerprint density at radius 1 is 1.44 bits per heavy atom. The van der Waals surface area contributed by atoms with E-state index in [2.05, 4.69) is 4.98 Å². The van der Waals surface area contributed by atoms with Crippen molar-refractivity contribution in [2.45, 2.75) is 12.8 Å². The summed E-state index contributed by atoms with van der Waals surface area (Å²) in [6, 6.07) is 4.67. The van der Waals surface area contributed by atoms with Gasteiger partial charge in [0.1, 0.15) is 5.82 Å². The summed E-state index contributed by atoms with van der Waals surface area (Å²) in [5.41, 5.74) is 5.87. The number of halogens is 1. The number of pyridine rings is 1. The molecule has 0 aliphatic carbocycles. The van der Waals surface area contributed by atoms with Gasteiger partial charge < -0.3 is 5.73 Å². The lowest BCUT2D eigenvalue weighted by Gasteiger charge is -2.05. The van der Waals surface area contributed by atoms with Crippen molar-refractivity contribution < 1.29 is 9.18 Å². The molecular weight excluding hydrogens is 207 g/mol. The van der Waals surface area contributed by atoms with Gasteiger partial charge in [0, 0.05) is 24.2 Å². The normalized spacial score (nSPS) is 10.6. The summed E-state index contributed by atoms with van der Waals surface area (Å²) in [6.07, 6.45) is 3.93. The number of rotatable bonds is 3. The molecule has 0 saturated carbocycles. The van der Waals surface area contributed by atoms with Gasteiger partial charge in [-0.2, -0.15) is 0 Å². The standard InChI is InChI=1S/C12H11FN2O/c13-10-5-8(1-2-12(14)16)11-3-4-15-7-9(11)6-10/h3-7H,1-2H2,(H2,14,16). The van der Waals surface area contributed by atoms with Gasteiger partial charge >= 0.3 is 0 Å². The fourth-order valence-electron chi connectivity index (χ4n) is 1.71. The van der Waals surface area contributed by atoms with Crippen molar-refractivity contribution in [3.05, 3.63) is 42.0 Å². The van der Waals surface area contributed by atoms with Crippen molar-refractivity contribution in [1.82, 2.24) is 4.98 Å². The number of amides is 1. The highest BCUT2D eigenvalue weighted by molar-refractivity contribution is 5.85. The first-order chi connectivity index (χ1) is 7.66. The van der Waals surface area contributed by atoms with Crippen LogP contribution < -0.4 is 5.73 Å². The monoisotopic (exact) mass is 218 g/mol. The topological polar surface area (TPSA) is 56.0 Å². The van der Waals surface area contributed by atoms with Crippen molar-refractivity contribution in [3.8, 4) is 0 Å². The molecule has 2 N–H and O–H groups in total. The Labute approximate surface area is 92.1 Å². The van der Waals surface area contributed by atoms with E-state index < -0.39 is 0 Å². The average molecular weight is 218 g/mol. The van der Waals surface area contributed by atoms with E-state index in [1.54, 1.807) is 12.4 Å². The number of benzene rings is 1. The molecule has 0 spiro atoms. The highest BCUT2D eigenvalue weighted by Crippen LogP contribution is 2.20.